The molecule has 0 spiro atoms. The summed E-state index contributed by atoms with van der Waals surface area (Å²) >= 11 is 0. The highest BCUT2D eigenvalue weighted by Crippen LogP contribution is 2.13. The van der Waals surface area contributed by atoms with E-state index in [9.17, 15) is 0 Å². The molecule has 2 aromatic rings. The van der Waals surface area contributed by atoms with Gasteiger partial charge in [-0.05, 0) is 33.8 Å². The Morgan fingerprint density at radius 2 is 2.11 bits per heavy atom. The van der Waals surface area contributed by atoms with E-state index in [-0.39, 0.29) is 6.04 Å². The minimum absolute atomic E-state index is 0.284. The van der Waals surface area contributed by atoms with E-state index in [1.807, 2.05) is 15.6 Å². The predicted octanol–water partition coefficient (Wildman–Crippen LogP) is 2.28. The molecule has 0 saturated carbocycles. The van der Waals surface area contributed by atoms with Crippen molar-refractivity contribution in [2.24, 2.45) is 0 Å². The van der Waals surface area contributed by atoms with Gasteiger partial charge in [-0.3, -0.25) is 9.36 Å². The highest BCUT2D eigenvalue weighted by atomic mass is 15.3. The van der Waals surface area contributed by atoms with Crippen LogP contribution in [-0.2, 0) is 19.6 Å². The van der Waals surface area contributed by atoms with E-state index >= 15 is 0 Å². The number of aromatic nitrogens is 4. The molecule has 104 valence electrons. The van der Waals surface area contributed by atoms with Crippen LogP contribution >= 0.6 is 0 Å². The van der Waals surface area contributed by atoms with E-state index < -0.39 is 0 Å². The van der Waals surface area contributed by atoms with Gasteiger partial charge < -0.3 is 5.32 Å². The van der Waals surface area contributed by atoms with Crippen LogP contribution in [0.25, 0.3) is 0 Å². The van der Waals surface area contributed by atoms with Gasteiger partial charge in [0.15, 0.2) is 0 Å². The van der Waals surface area contributed by atoms with Crippen molar-refractivity contribution in [3.05, 3.63) is 35.4 Å². The zero-order valence-corrected chi connectivity index (χ0v) is 12.2. The van der Waals surface area contributed by atoms with Crippen molar-refractivity contribution < 1.29 is 0 Å². The zero-order valence-electron chi connectivity index (χ0n) is 12.2. The molecule has 0 bridgehead atoms. The van der Waals surface area contributed by atoms with E-state index in [1.165, 1.54) is 11.3 Å². The van der Waals surface area contributed by atoms with Crippen LogP contribution in [0.1, 0.15) is 43.8 Å². The minimum Gasteiger partial charge on any atom is -0.305 e. The molecule has 2 rings (SSSR count). The second-order valence-electron chi connectivity index (χ2n) is 4.77. The van der Waals surface area contributed by atoms with Crippen molar-refractivity contribution in [1.82, 2.24) is 24.9 Å². The van der Waals surface area contributed by atoms with Crippen LogP contribution in [0.5, 0.6) is 0 Å². The fourth-order valence-corrected chi connectivity index (χ4v) is 2.24. The van der Waals surface area contributed by atoms with Gasteiger partial charge in [0.05, 0.1) is 11.4 Å². The number of rotatable bonds is 6. The molecule has 0 aliphatic heterocycles. The molecule has 1 N–H and O–H groups in total. The third kappa shape index (κ3) is 3.04. The van der Waals surface area contributed by atoms with Gasteiger partial charge in [-0.1, -0.05) is 0 Å². The molecule has 1 unspecified atom stereocenters. The number of nitrogens with zero attached hydrogens (tertiary/aromatic N) is 4. The number of hydrogen-bond donors (Lipinski definition) is 1. The van der Waals surface area contributed by atoms with Gasteiger partial charge in [0.1, 0.15) is 0 Å². The molecule has 5 heteroatoms. The molecule has 0 aromatic carbocycles. The second-order valence-corrected chi connectivity index (χ2v) is 4.77. The van der Waals surface area contributed by atoms with Gasteiger partial charge in [-0.2, -0.15) is 10.2 Å². The molecule has 19 heavy (non-hydrogen) atoms. The standard InChI is InChI=1S/C14H23N5/c1-5-18-10-13(11(3)17-18)9-15-12(4)14-7-8-16-19(14)6-2/h7-8,10,12,15H,5-6,9H2,1-4H3. The Morgan fingerprint density at radius 1 is 1.32 bits per heavy atom. The Bertz CT molecular complexity index is 526. The van der Waals surface area contributed by atoms with Gasteiger partial charge >= 0.3 is 0 Å². The van der Waals surface area contributed by atoms with Crippen molar-refractivity contribution >= 4 is 0 Å². The molecule has 2 heterocycles. The predicted molar refractivity (Wildman–Crippen MR) is 75.8 cm³/mol. The summed E-state index contributed by atoms with van der Waals surface area (Å²) in [7, 11) is 0. The van der Waals surface area contributed by atoms with Crippen LogP contribution in [0.15, 0.2) is 18.5 Å². The maximum Gasteiger partial charge on any atom is 0.0638 e. The Kier molecular flexibility index (Phi) is 4.37. The number of aryl methyl sites for hydroxylation is 3. The van der Waals surface area contributed by atoms with Crippen molar-refractivity contribution in [1.29, 1.82) is 0 Å². The van der Waals surface area contributed by atoms with Crippen LogP contribution in [0.3, 0.4) is 0 Å². The van der Waals surface area contributed by atoms with Crippen LogP contribution in [0.2, 0.25) is 0 Å². The van der Waals surface area contributed by atoms with Crippen molar-refractivity contribution in [2.45, 2.75) is 53.4 Å². The topological polar surface area (TPSA) is 47.7 Å². The van der Waals surface area contributed by atoms with Gasteiger partial charge in [0.25, 0.3) is 0 Å². The van der Waals surface area contributed by atoms with Crippen molar-refractivity contribution in [2.75, 3.05) is 0 Å². The third-order valence-electron chi connectivity index (χ3n) is 3.46. The fraction of sp³-hybridized carbons (Fsp3) is 0.571. The summed E-state index contributed by atoms with van der Waals surface area (Å²) in [6.07, 6.45) is 3.98. The van der Waals surface area contributed by atoms with E-state index in [4.69, 9.17) is 0 Å². The monoisotopic (exact) mass is 261 g/mol. The summed E-state index contributed by atoms with van der Waals surface area (Å²) in [4.78, 5) is 0. The fourth-order valence-electron chi connectivity index (χ4n) is 2.24. The molecule has 0 saturated heterocycles. The van der Waals surface area contributed by atoms with Gasteiger partial charge in [-0.25, -0.2) is 0 Å². The maximum atomic E-state index is 4.46. The van der Waals surface area contributed by atoms with Gasteiger partial charge in [0, 0.05) is 43.6 Å². The summed E-state index contributed by atoms with van der Waals surface area (Å²) in [6.45, 7) is 11.1. The highest BCUT2D eigenvalue weighted by Gasteiger charge is 2.11. The van der Waals surface area contributed by atoms with Crippen LogP contribution in [-0.4, -0.2) is 19.6 Å². The van der Waals surface area contributed by atoms with Crippen LogP contribution < -0.4 is 5.32 Å². The molecule has 1 atom stereocenters. The summed E-state index contributed by atoms with van der Waals surface area (Å²) < 4.78 is 4.01. The first-order valence-corrected chi connectivity index (χ1v) is 6.93. The van der Waals surface area contributed by atoms with E-state index in [1.54, 1.807) is 0 Å². The molecule has 0 amide bonds. The van der Waals surface area contributed by atoms with E-state index in [2.05, 4.69) is 55.5 Å². The van der Waals surface area contributed by atoms with Crippen LogP contribution in [0.4, 0.5) is 0 Å². The normalized spacial score (nSPS) is 12.8. The highest BCUT2D eigenvalue weighted by molar-refractivity contribution is 5.16. The first-order chi connectivity index (χ1) is 9.15. The molecular formula is C14H23N5. The van der Waals surface area contributed by atoms with E-state index in [0.29, 0.717) is 0 Å². The van der Waals surface area contributed by atoms with Gasteiger partial charge in [-0.15, -0.1) is 0 Å². The largest absolute Gasteiger partial charge is 0.305 e. The lowest BCUT2D eigenvalue weighted by atomic mass is 10.2. The molecule has 0 aliphatic rings. The second kappa shape index (κ2) is 6.02. The SMILES string of the molecule is CCn1cc(CNC(C)c2ccnn2CC)c(C)n1. The molecular weight excluding hydrogens is 238 g/mol. The summed E-state index contributed by atoms with van der Waals surface area (Å²) in [5, 5.41) is 12.3. The van der Waals surface area contributed by atoms with Crippen LogP contribution in [0, 0.1) is 6.92 Å². The number of nitrogens with one attached hydrogen (secondary N) is 1. The zero-order chi connectivity index (χ0) is 13.8. The Labute approximate surface area is 114 Å². The Morgan fingerprint density at radius 3 is 2.74 bits per heavy atom. The maximum absolute atomic E-state index is 4.46. The summed E-state index contributed by atoms with van der Waals surface area (Å²) in [6, 6.07) is 2.36. The average molecular weight is 261 g/mol. The minimum atomic E-state index is 0.284. The van der Waals surface area contributed by atoms with E-state index in [0.717, 1.165) is 25.3 Å². The smallest absolute Gasteiger partial charge is 0.0638 e. The third-order valence-corrected chi connectivity index (χ3v) is 3.46. The average Bonchev–Trinajstić information content (AvgIpc) is 3.02. The van der Waals surface area contributed by atoms with Crippen molar-refractivity contribution in [3.8, 4) is 0 Å². The molecule has 0 fully saturated rings. The molecule has 0 aliphatic carbocycles. The lowest BCUT2D eigenvalue weighted by Gasteiger charge is -2.15. The lowest BCUT2D eigenvalue weighted by molar-refractivity contribution is 0.508. The molecule has 0 radical (unpaired) electrons. The van der Waals surface area contributed by atoms with Crippen molar-refractivity contribution in [3.63, 3.8) is 0 Å². The molecule has 5 nitrogen and oxygen atoms in total. The molecule has 2 aromatic heterocycles. The lowest BCUT2D eigenvalue weighted by Crippen LogP contribution is -2.21. The first kappa shape index (κ1) is 13.8. The van der Waals surface area contributed by atoms with Gasteiger partial charge in [0.2, 0.25) is 0 Å². The number of hydrogen-bond acceptors (Lipinski definition) is 3. The summed E-state index contributed by atoms with van der Waals surface area (Å²) in [5.41, 5.74) is 3.59. The summed E-state index contributed by atoms with van der Waals surface area (Å²) in [5.74, 6) is 0. The first-order valence-electron chi connectivity index (χ1n) is 6.93. The Hall–Kier alpha value is -1.62. The quantitative estimate of drug-likeness (QED) is 0.868. The Balaban J connectivity index is 2.00.